The molecule has 1 heterocycles. The molecule has 0 radical (unpaired) electrons. The number of benzene rings is 1. The first-order valence-electron chi connectivity index (χ1n) is 7.89. The monoisotopic (exact) mass is 270 g/mol. The summed E-state index contributed by atoms with van der Waals surface area (Å²) in [5.41, 5.74) is 2.13. The Labute approximate surface area is 120 Å². The van der Waals surface area contributed by atoms with E-state index in [1.54, 1.807) is 0 Å². The number of ketones is 1. The molecule has 2 nitrogen and oxygen atoms in total. The van der Waals surface area contributed by atoms with Crippen LogP contribution >= 0.6 is 0 Å². The van der Waals surface area contributed by atoms with Crippen LogP contribution in [0.4, 0.5) is 0 Å². The van der Waals surface area contributed by atoms with Crippen LogP contribution in [0.5, 0.6) is 5.75 Å². The maximum Gasteiger partial charge on any atom is 0.166 e. The number of rotatable bonds is 2. The zero-order valence-electron chi connectivity index (χ0n) is 12.3. The van der Waals surface area contributed by atoms with E-state index in [0.29, 0.717) is 30.1 Å². The lowest BCUT2D eigenvalue weighted by molar-refractivity contribution is 0.0956. The van der Waals surface area contributed by atoms with Crippen LogP contribution in [0.15, 0.2) is 18.2 Å². The Hall–Kier alpha value is -1.31. The quantitative estimate of drug-likeness (QED) is 0.760. The summed E-state index contributed by atoms with van der Waals surface area (Å²) in [5, 5.41) is 0. The Morgan fingerprint density at radius 1 is 1.20 bits per heavy atom. The molecule has 2 unspecified atom stereocenters. The van der Waals surface area contributed by atoms with Gasteiger partial charge in [-0.25, -0.2) is 0 Å². The van der Waals surface area contributed by atoms with Crippen LogP contribution in [0.25, 0.3) is 0 Å². The summed E-state index contributed by atoms with van der Waals surface area (Å²) in [5.74, 6) is 3.04. The lowest BCUT2D eigenvalue weighted by atomic mass is 9.85. The lowest BCUT2D eigenvalue weighted by Gasteiger charge is -2.15. The van der Waals surface area contributed by atoms with E-state index in [2.05, 4.69) is 19.9 Å². The van der Waals surface area contributed by atoms with Crippen molar-refractivity contribution in [3.05, 3.63) is 29.3 Å². The molecule has 4 rings (SSSR count). The third-order valence-electron chi connectivity index (χ3n) is 5.54. The van der Waals surface area contributed by atoms with Crippen LogP contribution in [0.1, 0.15) is 55.5 Å². The first-order chi connectivity index (χ1) is 9.58. The first kappa shape index (κ1) is 12.4. The van der Waals surface area contributed by atoms with Gasteiger partial charge >= 0.3 is 0 Å². The number of fused-ring (bicyclic) bond motifs is 2. The minimum absolute atomic E-state index is 0.0297. The van der Waals surface area contributed by atoms with E-state index in [0.717, 1.165) is 11.3 Å². The van der Waals surface area contributed by atoms with Crippen molar-refractivity contribution in [2.45, 2.75) is 44.9 Å². The van der Waals surface area contributed by atoms with Gasteiger partial charge in [0.25, 0.3) is 0 Å². The number of hydrogen-bond donors (Lipinski definition) is 0. The number of carbonyl (C=O) groups excluding carboxylic acids is 1. The molecule has 2 aliphatic carbocycles. The second kappa shape index (κ2) is 4.09. The predicted molar refractivity (Wildman–Crippen MR) is 78.2 cm³/mol. The van der Waals surface area contributed by atoms with E-state index in [1.807, 2.05) is 12.1 Å². The molecular weight excluding hydrogens is 248 g/mol. The molecule has 0 spiro atoms. The maximum absolute atomic E-state index is 12.7. The van der Waals surface area contributed by atoms with Crippen LogP contribution < -0.4 is 4.74 Å². The minimum atomic E-state index is 0.0297. The number of hydrogen-bond acceptors (Lipinski definition) is 2. The summed E-state index contributed by atoms with van der Waals surface area (Å²) >= 11 is 0. The van der Waals surface area contributed by atoms with E-state index >= 15 is 0 Å². The number of carbonyl (C=O) groups is 1. The molecule has 2 fully saturated rings. The van der Waals surface area contributed by atoms with Crippen molar-refractivity contribution < 1.29 is 9.53 Å². The van der Waals surface area contributed by atoms with Crippen molar-refractivity contribution in [1.29, 1.82) is 0 Å². The van der Waals surface area contributed by atoms with E-state index in [-0.39, 0.29) is 5.41 Å². The smallest absolute Gasteiger partial charge is 0.166 e. The van der Waals surface area contributed by atoms with E-state index in [4.69, 9.17) is 4.74 Å². The van der Waals surface area contributed by atoms with Gasteiger partial charge in [0.15, 0.2) is 5.78 Å². The van der Waals surface area contributed by atoms with Gasteiger partial charge in [-0.2, -0.15) is 0 Å². The Morgan fingerprint density at radius 2 is 1.90 bits per heavy atom. The molecular formula is C18H22O2. The number of ether oxygens (including phenoxy) is 1. The molecule has 106 valence electrons. The molecule has 0 N–H and O–H groups in total. The van der Waals surface area contributed by atoms with E-state index in [1.165, 1.54) is 31.2 Å². The van der Waals surface area contributed by atoms with Gasteiger partial charge in [0.1, 0.15) is 5.75 Å². The Morgan fingerprint density at radius 3 is 2.60 bits per heavy atom. The molecule has 1 aromatic rings. The van der Waals surface area contributed by atoms with E-state index in [9.17, 15) is 4.79 Å². The lowest BCUT2D eigenvalue weighted by Crippen LogP contribution is -2.18. The normalized spacial score (nSPS) is 33.0. The van der Waals surface area contributed by atoms with Gasteiger partial charge in [0.2, 0.25) is 0 Å². The average molecular weight is 270 g/mol. The average Bonchev–Trinajstić information content (AvgIpc) is 3.10. The summed E-state index contributed by atoms with van der Waals surface area (Å²) < 4.78 is 5.71. The summed E-state index contributed by atoms with van der Waals surface area (Å²) in [6.45, 7) is 5.09. The number of Topliss-reactive ketones (excluding diaryl/α,β-unsaturated/α-hetero) is 1. The van der Waals surface area contributed by atoms with Crippen molar-refractivity contribution in [1.82, 2.24) is 0 Å². The maximum atomic E-state index is 12.7. The van der Waals surface area contributed by atoms with Crippen LogP contribution in [-0.4, -0.2) is 12.4 Å². The van der Waals surface area contributed by atoms with Gasteiger partial charge < -0.3 is 4.74 Å². The van der Waals surface area contributed by atoms with Crippen LogP contribution in [0.3, 0.4) is 0 Å². The van der Waals surface area contributed by atoms with Crippen molar-refractivity contribution in [2.75, 3.05) is 6.61 Å². The molecule has 1 aliphatic heterocycles. The highest BCUT2D eigenvalue weighted by Crippen LogP contribution is 2.56. The van der Waals surface area contributed by atoms with Gasteiger partial charge in [-0.05, 0) is 42.9 Å². The molecule has 3 aliphatic rings. The van der Waals surface area contributed by atoms with Gasteiger partial charge in [0, 0.05) is 22.5 Å². The largest absolute Gasteiger partial charge is 0.492 e. The predicted octanol–water partition coefficient (Wildman–Crippen LogP) is 3.98. The third kappa shape index (κ3) is 1.73. The topological polar surface area (TPSA) is 26.3 Å². The van der Waals surface area contributed by atoms with Crippen molar-refractivity contribution >= 4 is 5.78 Å². The molecule has 0 aromatic heterocycles. The highest BCUT2D eigenvalue weighted by Gasteiger charge is 2.54. The standard InChI is InChI=1S/C18H22O2/c1-18(2)10-20-15-8-7-11(9-14(15)18)17(19)16-12-5-3-4-6-13(12)16/h7-9,12-13,16H,3-6,10H2,1-2H3. The summed E-state index contributed by atoms with van der Waals surface area (Å²) in [6, 6.07) is 6.05. The summed E-state index contributed by atoms with van der Waals surface area (Å²) in [4.78, 5) is 12.7. The molecule has 2 heteroatoms. The second-order valence-corrected chi connectivity index (χ2v) is 7.39. The minimum Gasteiger partial charge on any atom is -0.492 e. The Kier molecular flexibility index (Phi) is 2.55. The fraction of sp³-hybridized carbons (Fsp3) is 0.611. The zero-order chi connectivity index (χ0) is 13.9. The fourth-order valence-corrected chi connectivity index (χ4v) is 4.25. The third-order valence-corrected chi connectivity index (χ3v) is 5.54. The molecule has 20 heavy (non-hydrogen) atoms. The van der Waals surface area contributed by atoms with Crippen LogP contribution in [-0.2, 0) is 5.41 Å². The van der Waals surface area contributed by atoms with Gasteiger partial charge in [-0.3, -0.25) is 4.79 Å². The molecule has 2 saturated carbocycles. The summed E-state index contributed by atoms with van der Waals surface area (Å²) in [6.07, 6.45) is 5.16. The Balaban J connectivity index is 1.62. The zero-order valence-corrected chi connectivity index (χ0v) is 12.3. The second-order valence-electron chi connectivity index (χ2n) is 7.39. The van der Waals surface area contributed by atoms with Crippen molar-refractivity contribution in [3.8, 4) is 5.75 Å². The molecule has 0 amide bonds. The SMILES string of the molecule is CC1(C)COc2ccc(C(=O)C3C4CCCCC43)cc21. The molecule has 0 bridgehead atoms. The van der Waals surface area contributed by atoms with Crippen LogP contribution in [0.2, 0.25) is 0 Å². The first-order valence-corrected chi connectivity index (χ1v) is 7.89. The van der Waals surface area contributed by atoms with Gasteiger partial charge in [-0.1, -0.05) is 26.7 Å². The Bertz CT molecular complexity index is 561. The summed E-state index contributed by atoms with van der Waals surface area (Å²) in [7, 11) is 0. The van der Waals surface area contributed by atoms with Crippen LogP contribution in [0, 0.1) is 17.8 Å². The molecule has 0 saturated heterocycles. The van der Waals surface area contributed by atoms with Crippen molar-refractivity contribution in [2.24, 2.45) is 17.8 Å². The highest BCUT2D eigenvalue weighted by atomic mass is 16.5. The highest BCUT2D eigenvalue weighted by molar-refractivity contribution is 6.00. The fourth-order valence-electron chi connectivity index (χ4n) is 4.25. The van der Waals surface area contributed by atoms with Gasteiger partial charge in [0.05, 0.1) is 6.61 Å². The molecule has 1 aromatic carbocycles. The van der Waals surface area contributed by atoms with Gasteiger partial charge in [-0.15, -0.1) is 0 Å². The van der Waals surface area contributed by atoms with E-state index < -0.39 is 0 Å². The molecule has 2 atom stereocenters. The van der Waals surface area contributed by atoms with Crippen molar-refractivity contribution in [3.63, 3.8) is 0 Å².